The van der Waals surface area contributed by atoms with Crippen molar-refractivity contribution in [2.75, 3.05) is 26.7 Å². The molecule has 2 aromatic rings. The summed E-state index contributed by atoms with van der Waals surface area (Å²) in [5, 5.41) is 0. The molecule has 6 nitrogen and oxygen atoms in total. The number of aromatic nitrogens is 3. The van der Waals surface area contributed by atoms with Gasteiger partial charge in [-0.15, -0.1) is 0 Å². The first-order chi connectivity index (χ1) is 12.0. The Balaban J connectivity index is 1.55. The summed E-state index contributed by atoms with van der Waals surface area (Å²) >= 11 is 0. The van der Waals surface area contributed by atoms with Crippen LogP contribution in [0.3, 0.4) is 0 Å². The molecule has 1 amide bonds. The predicted molar refractivity (Wildman–Crippen MR) is 96.1 cm³/mol. The van der Waals surface area contributed by atoms with Crippen LogP contribution in [0.4, 0.5) is 0 Å². The molecule has 6 heteroatoms. The minimum atomic E-state index is 0.0508. The van der Waals surface area contributed by atoms with Crippen LogP contribution in [0.25, 0.3) is 0 Å². The summed E-state index contributed by atoms with van der Waals surface area (Å²) in [6.45, 7) is 7.16. The number of likely N-dealkylation sites (tertiary alicyclic amines) is 1. The summed E-state index contributed by atoms with van der Waals surface area (Å²) in [5.41, 5.74) is 2.59. The van der Waals surface area contributed by atoms with Crippen LogP contribution in [-0.2, 0) is 6.54 Å². The first-order valence-electron chi connectivity index (χ1n) is 8.70. The molecule has 1 aliphatic rings. The molecule has 0 N–H and O–H groups in total. The first kappa shape index (κ1) is 17.5. The number of nitrogens with zero attached hydrogens (tertiary/aromatic N) is 5. The number of rotatable bonds is 5. The molecule has 1 aliphatic heterocycles. The average molecular weight is 339 g/mol. The summed E-state index contributed by atoms with van der Waals surface area (Å²) in [6.07, 6.45) is 6.39. The molecular formula is C19H25N5O. The van der Waals surface area contributed by atoms with Gasteiger partial charge in [0, 0.05) is 44.8 Å². The lowest BCUT2D eigenvalue weighted by Gasteiger charge is -2.22. The number of hydrogen-bond acceptors (Lipinski definition) is 5. The van der Waals surface area contributed by atoms with Gasteiger partial charge in [-0.1, -0.05) is 6.07 Å². The van der Waals surface area contributed by atoms with Crippen molar-refractivity contribution in [3.05, 3.63) is 53.4 Å². The average Bonchev–Trinajstić information content (AvgIpc) is 3.03. The van der Waals surface area contributed by atoms with Gasteiger partial charge in [-0.05, 0) is 44.9 Å². The van der Waals surface area contributed by atoms with Crippen LogP contribution >= 0.6 is 0 Å². The maximum absolute atomic E-state index is 12.7. The standard InChI is InChI=1S/C19H25N5O/c1-14-18(10-21-15(2)22-14)19(25)24-8-6-17(13-24)12-23(3)11-16-5-4-7-20-9-16/h4-5,7,9-10,17H,6,8,11-13H2,1-3H3/t17-/m0/s1. The van der Waals surface area contributed by atoms with E-state index >= 15 is 0 Å². The van der Waals surface area contributed by atoms with E-state index in [9.17, 15) is 4.79 Å². The van der Waals surface area contributed by atoms with E-state index in [1.807, 2.05) is 31.0 Å². The molecule has 0 bridgehead atoms. The summed E-state index contributed by atoms with van der Waals surface area (Å²) in [7, 11) is 2.12. The fraction of sp³-hybridized carbons (Fsp3) is 0.474. The van der Waals surface area contributed by atoms with Crippen molar-refractivity contribution >= 4 is 5.91 Å². The Labute approximate surface area is 148 Å². The number of amides is 1. The third kappa shape index (κ3) is 4.39. The molecule has 1 saturated heterocycles. The van der Waals surface area contributed by atoms with Crippen molar-refractivity contribution < 1.29 is 4.79 Å². The maximum Gasteiger partial charge on any atom is 0.257 e. The van der Waals surface area contributed by atoms with Crippen molar-refractivity contribution in [3.8, 4) is 0 Å². The second-order valence-electron chi connectivity index (χ2n) is 6.88. The monoisotopic (exact) mass is 339 g/mol. The molecule has 25 heavy (non-hydrogen) atoms. The highest BCUT2D eigenvalue weighted by atomic mass is 16.2. The molecule has 132 valence electrons. The summed E-state index contributed by atoms with van der Waals surface area (Å²) in [6, 6.07) is 4.05. The van der Waals surface area contributed by atoms with Crippen LogP contribution in [0.2, 0.25) is 0 Å². The zero-order valence-electron chi connectivity index (χ0n) is 15.1. The van der Waals surface area contributed by atoms with E-state index in [1.165, 1.54) is 5.56 Å². The van der Waals surface area contributed by atoms with Gasteiger partial charge in [0.1, 0.15) is 5.82 Å². The topological polar surface area (TPSA) is 62.2 Å². The van der Waals surface area contributed by atoms with Crippen LogP contribution in [0, 0.1) is 19.8 Å². The molecule has 0 saturated carbocycles. The van der Waals surface area contributed by atoms with Crippen LogP contribution in [0.1, 0.15) is 33.9 Å². The van der Waals surface area contributed by atoms with E-state index in [0.717, 1.165) is 38.3 Å². The van der Waals surface area contributed by atoms with Crippen molar-refractivity contribution in [2.45, 2.75) is 26.8 Å². The van der Waals surface area contributed by atoms with Gasteiger partial charge >= 0.3 is 0 Å². The van der Waals surface area contributed by atoms with Crippen LogP contribution in [0.15, 0.2) is 30.7 Å². The Morgan fingerprint density at radius 3 is 2.92 bits per heavy atom. The molecule has 0 aliphatic carbocycles. The van der Waals surface area contributed by atoms with Crippen molar-refractivity contribution in [3.63, 3.8) is 0 Å². The molecule has 0 spiro atoms. The van der Waals surface area contributed by atoms with Gasteiger partial charge in [0.05, 0.1) is 11.3 Å². The van der Waals surface area contributed by atoms with Gasteiger partial charge in [-0.2, -0.15) is 0 Å². The highest BCUT2D eigenvalue weighted by Crippen LogP contribution is 2.20. The van der Waals surface area contributed by atoms with E-state index in [0.29, 0.717) is 17.3 Å². The minimum absolute atomic E-state index is 0.0508. The highest BCUT2D eigenvalue weighted by molar-refractivity contribution is 5.95. The smallest absolute Gasteiger partial charge is 0.257 e. The quantitative estimate of drug-likeness (QED) is 0.835. The van der Waals surface area contributed by atoms with Gasteiger partial charge < -0.3 is 9.80 Å². The molecule has 1 atom stereocenters. The van der Waals surface area contributed by atoms with Crippen LogP contribution < -0.4 is 0 Å². The third-order valence-corrected chi connectivity index (χ3v) is 4.65. The minimum Gasteiger partial charge on any atom is -0.338 e. The molecular weight excluding hydrogens is 314 g/mol. The molecule has 0 aromatic carbocycles. The number of carbonyl (C=O) groups excluding carboxylic acids is 1. The lowest BCUT2D eigenvalue weighted by Crippen LogP contribution is -2.32. The normalized spacial score (nSPS) is 17.3. The van der Waals surface area contributed by atoms with E-state index in [1.54, 1.807) is 12.4 Å². The largest absolute Gasteiger partial charge is 0.338 e. The van der Waals surface area contributed by atoms with Gasteiger partial charge in [0.25, 0.3) is 5.91 Å². The number of pyridine rings is 1. The Morgan fingerprint density at radius 1 is 1.36 bits per heavy atom. The molecule has 3 heterocycles. The number of hydrogen-bond donors (Lipinski definition) is 0. The van der Waals surface area contributed by atoms with E-state index in [-0.39, 0.29) is 5.91 Å². The Hall–Kier alpha value is -2.34. The van der Waals surface area contributed by atoms with Crippen LogP contribution in [0.5, 0.6) is 0 Å². The third-order valence-electron chi connectivity index (χ3n) is 4.65. The lowest BCUT2D eigenvalue weighted by atomic mass is 10.1. The molecule has 0 unspecified atom stereocenters. The summed E-state index contributed by atoms with van der Waals surface area (Å²) in [5.74, 6) is 1.25. The fourth-order valence-electron chi connectivity index (χ4n) is 3.44. The maximum atomic E-state index is 12.7. The predicted octanol–water partition coefficient (Wildman–Crippen LogP) is 2.08. The molecule has 2 aromatic heterocycles. The Morgan fingerprint density at radius 2 is 2.20 bits per heavy atom. The summed E-state index contributed by atoms with van der Waals surface area (Å²) in [4.78, 5) is 29.6. The van der Waals surface area contributed by atoms with Gasteiger partial charge in [0.15, 0.2) is 0 Å². The zero-order valence-corrected chi connectivity index (χ0v) is 15.1. The fourth-order valence-corrected chi connectivity index (χ4v) is 3.44. The van der Waals surface area contributed by atoms with Crippen LogP contribution in [-0.4, -0.2) is 57.3 Å². The highest BCUT2D eigenvalue weighted by Gasteiger charge is 2.28. The molecule has 0 radical (unpaired) electrons. The SMILES string of the molecule is Cc1ncc(C(=O)N2CC[C@@H](CN(C)Cc3cccnc3)C2)c(C)n1. The van der Waals surface area contributed by atoms with Crippen molar-refractivity contribution in [1.29, 1.82) is 0 Å². The number of carbonyl (C=O) groups is 1. The Kier molecular flexibility index (Phi) is 5.38. The molecule has 3 rings (SSSR count). The van der Waals surface area contributed by atoms with Gasteiger partial charge in [-0.25, -0.2) is 9.97 Å². The summed E-state index contributed by atoms with van der Waals surface area (Å²) < 4.78 is 0. The van der Waals surface area contributed by atoms with Gasteiger partial charge in [-0.3, -0.25) is 9.78 Å². The zero-order chi connectivity index (χ0) is 17.8. The second-order valence-corrected chi connectivity index (χ2v) is 6.88. The van der Waals surface area contributed by atoms with Gasteiger partial charge in [0.2, 0.25) is 0 Å². The molecule has 1 fully saturated rings. The van der Waals surface area contributed by atoms with E-state index < -0.39 is 0 Å². The Bertz CT molecular complexity index is 734. The van der Waals surface area contributed by atoms with Crippen molar-refractivity contribution in [2.24, 2.45) is 5.92 Å². The second kappa shape index (κ2) is 7.70. The van der Waals surface area contributed by atoms with E-state index in [4.69, 9.17) is 0 Å². The lowest BCUT2D eigenvalue weighted by molar-refractivity contribution is 0.0782. The van der Waals surface area contributed by atoms with E-state index in [2.05, 4.69) is 33.0 Å². The first-order valence-corrected chi connectivity index (χ1v) is 8.70. The van der Waals surface area contributed by atoms with Crippen molar-refractivity contribution in [1.82, 2.24) is 24.8 Å². The number of aryl methyl sites for hydroxylation is 2.